The molecule has 1 unspecified atom stereocenters. The molecule has 2 aromatic carbocycles. The van der Waals surface area contributed by atoms with Crippen LogP contribution in [0.3, 0.4) is 0 Å². The lowest BCUT2D eigenvalue weighted by molar-refractivity contribution is -0.130. The predicted molar refractivity (Wildman–Crippen MR) is 130 cm³/mol. The Morgan fingerprint density at radius 1 is 1.06 bits per heavy atom. The molecule has 0 spiro atoms. The van der Waals surface area contributed by atoms with Crippen molar-refractivity contribution in [2.45, 2.75) is 52.6 Å². The number of thiazole rings is 1. The van der Waals surface area contributed by atoms with E-state index in [0.29, 0.717) is 10.6 Å². The highest BCUT2D eigenvalue weighted by atomic mass is 32.1. The zero-order valence-electron chi connectivity index (χ0n) is 19.5. The van der Waals surface area contributed by atoms with Crippen molar-refractivity contribution >= 4 is 23.0 Å². The summed E-state index contributed by atoms with van der Waals surface area (Å²) in [6.45, 7) is 10.3. The molecule has 0 aliphatic carbocycles. The maximum Gasteiger partial charge on any atom is 0.290 e. The van der Waals surface area contributed by atoms with Crippen LogP contribution in [0, 0.1) is 13.8 Å². The first-order chi connectivity index (χ1) is 15.6. The van der Waals surface area contributed by atoms with Crippen LogP contribution in [0.15, 0.2) is 65.9 Å². The number of hydrogen-bond acceptors (Lipinski definition) is 5. The SMILES string of the molecule is Cc1nc(C)c(C(=O)C2=C(O)C(=O)N(Cc3ccccc3)C2c2ccc(C(C)(C)C)cc2)s1. The number of aliphatic hydroxyl groups excluding tert-OH is 1. The topological polar surface area (TPSA) is 70.5 Å². The second-order valence-corrected chi connectivity index (χ2v) is 10.6. The van der Waals surface area contributed by atoms with Gasteiger partial charge in [-0.1, -0.05) is 75.4 Å². The number of aromatic nitrogens is 1. The number of hydrogen-bond donors (Lipinski definition) is 1. The third-order valence-electron chi connectivity index (χ3n) is 5.95. The summed E-state index contributed by atoms with van der Waals surface area (Å²) in [5.41, 5.74) is 3.57. The van der Waals surface area contributed by atoms with E-state index >= 15 is 0 Å². The maximum absolute atomic E-state index is 13.6. The Balaban J connectivity index is 1.81. The number of carbonyl (C=O) groups is 2. The smallest absolute Gasteiger partial charge is 0.290 e. The Morgan fingerprint density at radius 2 is 1.70 bits per heavy atom. The summed E-state index contributed by atoms with van der Waals surface area (Å²) in [5, 5.41) is 11.7. The number of Topliss-reactive ketones (excluding diaryl/α,β-unsaturated/α-hetero) is 1. The first-order valence-electron chi connectivity index (χ1n) is 10.9. The van der Waals surface area contributed by atoms with Crippen LogP contribution in [0.1, 0.15) is 63.9 Å². The van der Waals surface area contributed by atoms with Crippen LogP contribution >= 0.6 is 11.3 Å². The van der Waals surface area contributed by atoms with Crippen LogP contribution in [0.4, 0.5) is 0 Å². The Labute approximate surface area is 198 Å². The molecule has 1 aliphatic rings. The predicted octanol–water partition coefficient (Wildman–Crippen LogP) is 5.84. The zero-order valence-corrected chi connectivity index (χ0v) is 20.4. The molecule has 1 atom stereocenters. The van der Waals surface area contributed by atoms with E-state index in [0.717, 1.165) is 21.7 Å². The minimum atomic E-state index is -0.680. The molecular weight excluding hydrogens is 432 g/mol. The van der Waals surface area contributed by atoms with E-state index in [2.05, 4.69) is 25.8 Å². The van der Waals surface area contributed by atoms with E-state index in [4.69, 9.17) is 0 Å². The normalized spacial score (nSPS) is 16.6. The Bertz CT molecular complexity index is 1230. The number of rotatable bonds is 5. The first kappa shape index (κ1) is 22.9. The van der Waals surface area contributed by atoms with Gasteiger partial charge >= 0.3 is 0 Å². The third kappa shape index (κ3) is 4.35. The lowest BCUT2D eigenvalue weighted by Gasteiger charge is -2.28. The van der Waals surface area contributed by atoms with Crippen molar-refractivity contribution in [1.82, 2.24) is 9.88 Å². The number of carbonyl (C=O) groups excluding carboxylic acids is 2. The summed E-state index contributed by atoms with van der Waals surface area (Å²) < 4.78 is 0. The molecule has 33 heavy (non-hydrogen) atoms. The van der Waals surface area contributed by atoms with Gasteiger partial charge in [-0.2, -0.15) is 0 Å². The van der Waals surface area contributed by atoms with Crippen molar-refractivity contribution in [1.29, 1.82) is 0 Å². The van der Waals surface area contributed by atoms with Gasteiger partial charge in [0, 0.05) is 6.54 Å². The average Bonchev–Trinajstić information content (AvgIpc) is 3.24. The molecule has 5 nitrogen and oxygen atoms in total. The first-order valence-corrected chi connectivity index (χ1v) is 11.8. The van der Waals surface area contributed by atoms with Gasteiger partial charge in [0.25, 0.3) is 5.91 Å². The molecule has 0 bridgehead atoms. The average molecular weight is 461 g/mol. The summed E-state index contributed by atoms with van der Waals surface area (Å²) in [5.74, 6) is -1.36. The monoisotopic (exact) mass is 460 g/mol. The molecule has 1 aromatic heterocycles. The number of aliphatic hydroxyl groups is 1. The Kier molecular flexibility index (Phi) is 5.97. The van der Waals surface area contributed by atoms with Gasteiger partial charge in [0.05, 0.1) is 27.2 Å². The molecule has 4 rings (SSSR count). The number of ketones is 1. The fraction of sp³-hybridized carbons (Fsp3) is 0.296. The van der Waals surface area contributed by atoms with Crippen molar-refractivity contribution in [2.24, 2.45) is 0 Å². The van der Waals surface area contributed by atoms with Crippen molar-refractivity contribution in [3.63, 3.8) is 0 Å². The highest BCUT2D eigenvalue weighted by molar-refractivity contribution is 7.14. The molecule has 6 heteroatoms. The van der Waals surface area contributed by atoms with Gasteiger partial charge in [-0.05, 0) is 36.0 Å². The molecule has 1 aliphatic heterocycles. The van der Waals surface area contributed by atoms with Gasteiger partial charge in [0.2, 0.25) is 5.78 Å². The molecule has 2 heterocycles. The van der Waals surface area contributed by atoms with Crippen LogP contribution in [-0.2, 0) is 16.8 Å². The lowest BCUT2D eigenvalue weighted by atomic mass is 9.85. The van der Waals surface area contributed by atoms with E-state index in [9.17, 15) is 14.7 Å². The molecule has 170 valence electrons. The largest absolute Gasteiger partial charge is 0.503 e. The van der Waals surface area contributed by atoms with E-state index in [-0.39, 0.29) is 23.3 Å². The molecular formula is C27H28N2O3S. The summed E-state index contributed by atoms with van der Waals surface area (Å²) in [7, 11) is 0. The van der Waals surface area contributed by atoms with Crippen LogP contribution in [0.25, 0.3) is 0 Å². The lowest BCUT2D eigenvalue weighted by Crippen LogP contribution is -2.30. The minimum absolute atomic E-state index is 0.0261. The molecule has 0 fully saturated rings. The summed E-state index contributed by atoms with van der Waals surface area (Å²) in [6.07, 6.45) is 0. The standard InChI is InChI=1S/C27H28N2O3S/c1-16-25(33-17(2)28-16)23(30)21-22(19-11-13-20(14-12-19)27(3,4)5)29(26(32)24(21)31)15-18-9-7-6-8-10-18/h6-14,22,31H,15H2,1-5H3. The number of benzene rings is 2. The fourth-order valence-electron chi connectivity index (χ4n) is 4.21. The van der Waals surface area contributed by atoms with E-state index in [1.54, 1.807) is 11.8 Å². The van der Waals surface area contributed by atoms with Crippen LogP contribution < -0.4 is 0 Å². The Morgan fingerprint density at radius 3 is 2.24 bits per heavy atom. The second kappa shape index (κ2) is 8.60. The molecule has 3 aromatic rings. The van der Waals surface area contributed by atoms with E-state index < -0.39 is 17.7 Å². The molecule has 0 saturated carbocycles. The van der Waals surface area contributed by atoms with Gasteiger partial charge in [-0.25, -0.2) is 4.98 Å². The molecule has 1 amide bonds. The van der Waals surface area contributed by atoms with Crippen molar-refractivity contribution in [3.05, 3.63) is 98.2 Å². The van der Waals surface area contributed by atoms with Gasteiger partial charge in [0.15, 0.2) is 5.76 Å². The summed E-state index contributed by atoms with van der Waals surface area (Å²) in [6, 6.07) is 16.9. The minimum Gasteiger partial charge on any atom is -0.503 e. The highest BCUT2D eigenvalue weighted by Crippen LogP contribution is 2.41. The summed E-state index contributed by atoms with van der Waals surface area (Å²) >= 11 is 1.29. The van der Waals surface area contributed by atoms with Crippen LogP contribution in [0.5, 0.6) is 0 Å². The van der Waals surface area contributed by atoms with Crippen molar-refractivity contribution in [3.8, 4) is 0 Å². The van der Waals surface area contributed by atoms with Crippen LogP contribution in [0.2, 0.25) is 0 Å². The highest BCUT2D eigenvalue weighted by Gasteiger charge is 2.44. The van der Waals surface area contributed by atoms with Gasteiger partial charge in [-0.15, -0.1) is 11.3 Å². The quantitative estimate of drug-likeness (QED) is 0.486. The second-order valence-electron chi connectivity index (χ2n) is 9.43. The van der Waals surface area contributed by atoms with Crippen molar-refractivity contribution < 1.29 is 14.7 Å². The number of aryl methyl sites for hydroxylation is 2. The number of amides is 1. The molecule has 0 radical (unpaired) electrons. The zero-order chi connectivity index (χ0) is 23.9. The molecule has 0 saturated heterocycles. The van der Waals surface area contributed by atoms with Gasteiger partial charge < -0.3 is 10.0 Å². The Hall–Kier alpha value is -3.25. The van der Waals surface area contributed by atoms with E-state index in [1.165, 1.54) is 11.3 Å². The van der Waals surface area contributed by atoms with Crippen LogP contribution in [-0.4, -0.2) is 26.7 Å². The number of nitrogens with zero attached hydrogens (tertiary/aromatic N) is 2. The van der Waals surface area contributed by atoms with E-state index in [1.807, 2.05) is 61.5 Å². The third-order valence-corrected chi connectivity index (χ3v) is 7.02. The maximum atomic E-state index is 13.6. The molecule has 1 N–H and O–H groups in total. The summed E-state index contributed by atoms with van der Waals surface area (Å²) in [4.78, 5) is 33.2. The van der Waals surface area contributed by atoms with Gasteiger partial charge in [-0.3, -0.25) is 9.59 Å². The van der Waals surface area contributed by atoms with Gasteiger partial charge in [0.1, 0.15) is 0 Å². The fourth-order valence-corrected chi connectivity index (χ4v) is 5.08. The van der Waals surface area contributed by atoms with Crippen molar-refractivity contribution in [2.75, 3.05) is 0 Å².